The van der Waals surface area contributed by atoms with Crippen molar-refractivity contribution in [3.8, 4) is 0 Å². The number of hydrogen-bond acceptors (Lipinski definition) is 5. The minimum absolute atomic E-state index is 0.224. The SMILES string of the molecule is c1ccc([C@H]2OCC[C@@H]2CNCc2csnn2)cc1. The van der Waals surface area contributed by atoms with E-state index in [4.69, 9.17) is 4.74 Å². The molecule has 1 aliphatic rings. The highest BCUT2D eigenvalue weighted by molar-refractivity contribution is 7.03. The third-order valence-corrected chi connectivity index (χ3v) is 4.01. The van der Waals surface area contributed by atoms with Crippen molar-refractivity contribution in [3.63, 3.8) is 0 Å². The van der Waals surface area contributed by atoms with E-state index in [1.54, 1.807) is 0 Å². The second-order valence-electron chi connectivity index (χ2n) is 4.78. The van der Waals surface area contributed by atoms with Crippen molar-refractivity contribution in [2.75, 3.05) is 13.2 Å². The zero-order valence-electron chi connectivity index (χ0n) is 10.7. The summed E-state index contributed by atoms with van der Waals surface area (Å²) in [6.07, 6.45) is 1.34. The summed E-state index contributed by atoms with van der Waals surface area (Å²) in [5, 5.41) is 9.46. The lowest BCUT2D eigenvalue weighted by molar-refractivity contribution is 0.0904. The third kappa shape index (κ3) is 3.18. The van der Waals surface area contributed by atoms with Crippen LogP contribution >= 0.6 is 11.5 Å². The summed E-state index contributed by atoms with van der Waals surface area (Å²) in [6.45, 7) is 2.59. The fourth-order valence-corrected chi connectivity index (χ4v) is 2.95. The Morgan fingerprint density at radius 1 is 1.32 bits per heavy atom. The molecule has 1 fully saturated rings. The number of aromatic nitrogens is 2. The van der Waals surface area contributed by atoms with Crippen molar-refractivity contribution in [2.45, 2.75) is 19.1 Å². The Bertz CT molecular complexity index is 489. The van der Waals surface area contributed by atoms with Crippen molar-refractivity contribution >= 4 is 11.5 Å². The van der Waals surface area contributed by atoms with Crippen LogP contribution < -0.4 is 5.32 Å². The van der Waals surface area contributed by atoms with E-state index < -0.39 is 0 Å². The molecule has 100 valence electrons. The lowest BCUT2D eigenvalue weighted by Gasteiger charge is -2.19. The van der Waals surface area contributed by atoms with Crippen LogP contribution in [0.4, 0.5) is 0 Å². The molecule has 2 aromatic rings. The molecule has 2 heterocycles. The molecule has 1 N–H and O–H groups in total. The standard InChI is InChI=1S/C14H17N3OS/c1-2-4-11(5-3-1)14-12(6-7-18-14)8-15-9-13-10-19-17-16-13/h1-5,10,12,14-15H,6-9H2/t12-,14-/m1/s1. The normalized spacial score (nSPS) is 22.7. The van der Waals surface area contributed by atoms with Gasteiger partial charge in [-0.05, 0) is 23.5 Å². The molecule has 0 radical (unpaired) electrons. The van der Waals surface area contributed by atoms with Gasteiger partial charge in [0.05, 0.1) is 11.8 Å². The van der Waals surface area contributed by atoms with E-state index in [1.807, 2.05) is 11.4 Å². The Hall–Kier alpha value is -1.30. The van der Waals surface area contributed by atoms with Gasteiger partial charge in [-0.1, -0.05) is 34.8 Å². The molecular formula is C14H17N3OS. The van der Waals surface area contributed by atoms with E-state index in [0.29, 0.717) is 5.92 Å². The Balaban J connectivity index is 1.55. The van der Waals surface area contributed by atoms with Gasteiger partial charge in [-0.3, -0.25) is 0 Å². The molecule has 1 aliphatic heterocycles. The third-order valence-electron chi connectivity index (χ3n) is 3.46. The molecule has 0 amide bonds. The quantitative estimate of drug-likeness (QED) is 0.910. The lowest BCUT2D eigenvalue weighted by atomic mass is 9.95. The Labute approximate surface area is 117 Å². The van der Waals surface area contributed by atoms with Gasteiger partial charge in [0, 0.05) is 31.0 Å². The Kier molecular flexibility index (Phi) is 4.17. The number of benzene rings is 1. The first-order chi connectivity index (χ1) is 9.43. The van der Waals surface area contributed by atoms with Crippen molar-refractivity contribution in [3.05, 3.63) is 47.0 Å². The van der Waals surface area contributed by atoms with Crippen LogP contribution in [0.5, 0.6) is 0 Å². The Morgan fingerprint density at radius 2 is 2.21 bits per heavy atom. The maximum absolute atomic E-state index is 5.87. The lowest BCUT2D eigenvalue weighted by Crippen LogP contribution is -2.24. The van der Waals surface area contributed by atoms with Crippen LogP contribution in [0.3, 0.4) is 0 Å². The molecule has 0 saturated carbocycles. The van der Waals surface area contributed by atoms with Gasteiger partial charge in [-0.25, -0.2) is 0 Å². The second kappa shape index (κ2) is 6.23. The first kappa shape index (κ1) is 12.7. The molecular weight excluding hydrogens is 258 g/mol. The maximum atomic E-state index is 5.87. The van der Waals surface area contributed by atoms with E-state index in [2.05, 4.69) is 39.2 Å². The molecule has 1 saturated heterocycles. The molecule has 0 aliphatic carbocycles. The topological polar surface area (TPSA) is 47.0 Å². The molecule has 0 spiro atoms. The van der Waals surface area contributed by atoms with Crippen molar-refractivity contribution in [1.29, 1.82) is 0 Å². The summed E-state index contributed by atoms with van der Waals surface area (Å²) in [5.41, 5.74) is 2.29. The average Bonchev–Trinajstić information content (AvgIpc) is 3.11. The zero-order chi connectivity index (χ0) is 12.9. The number of nitrogens with one attached hydrogen (secondary N) is 1. The summed E-state index contributed by atoms with van der Waals surface area (Å²) < 4.78 is 9.74. The predicted molar refractivity (Wildman–Crippen MR) is 74.9 cm³/mol. The van der Waals surface area contributed by atoms with Crippen molar-refractivity contribution in [1.82, 2.24) is 14.9 Å². The van der Waals surface area contributed by atoms with Gasteiger partial charge in [0.1, 0.15) is 0 Å². The molecule has 0 bridgehead atoms. The van der Waals surface area contributed by atoms with E-state index in [-0.39, 0.29) is 6.10 Å². The fraction of sp³-hybridized carbons (Fsp3) is 0.429. The van der Waals surface area contributed by atoms with Crippen LogP contribution in [0.2, 0.25) is 0 Å². The first-order valence-corrected chi connectivity index (χ1v) is 7.40. The largest absolute Gasteiger partial charge is 0.373 e. The zero-order valence-corrected chi connectivity index (χ0v) is 11.5. The minimum Gasteiger partial charge on any atom is -0.373 e. The summed E-state index contributed by atoms with van der Waals surface area (Å²) in [5.74, 6) is 0.536. The molecule has 1 aromatic carbocycles. The van der Waals surface area contributed by atoms with E-state index in [9.17, 15) is 0 Å². The van der Waals surface area contributed by atoms with Crippen LogP contribution in [0.15, 0.2) is 35.7 Å². The van der Waals surface area contributed by atoms with Gasteiger partial charge in [-0.2, -0.15) is 0 Å². The summed E-state index contributed by atoms with van der Waals surface area (Å²) in [6, 6.07) is 10.5. The molecule has 4 nitrogen and oxygen atoms in total. The monoisotopic (exact) mass is 275 g/mol. The number of hydrogen-bond donors (Lipinski definition) is 1. The Morgan fingerprint density at radius 3 is 3.00 bits per heavy atom. The van der Waals surface area contributed by atoms with E-state index in [0.717, 1.165) is 31.8 Å². The van der Waals surface area contributed by atoms with Crippen LogP contribution in [0, 0.1) is 5.92 Å². The first-order valence-electron chi connectivity index (χ1n) is 6.56. The molecule has 19 heavy (non-hydrogen) atoms. The molecule has 1 aromatic heterocycles. The minimum atomic E-state index is 0.224. The van der Waals surface area contributed by atoms with Crippen LogP contribution in [-0.2, 0) is 11.3 Å². The summed E-state index contributed by atoms with van der Waals surface area (Å²) >= 11 is 1.39. The summed E-state index contributed by atoms with van der Waals surface area (Å²) in [4.78, 5) is 0. The fourth-order valence-electron chi connectivity index (χ4n) is 2.50. The highest BCUT2D eigenvalue weighted by Crippen LogP contribution is 2.33. The summed E-state index contributed by atoms with van der Waals surface area (Å²) in [7, 11) is 0. The van der Waals surface area contributed by atoms with Gasteiger partial charge >= 0.3 is 0 Å². The van der Waals surface area contributed by atoms with Gasteiger partial charge in [0.2, 0.25) is 0 Å². The van der Waals surface area contributed by atoms with Crippen molar-refractivity contribution < 1.29 is 4.74 Å². The number of ether oxygens (including phenoxy) is 1. The highest BCUT2D eigenvalue weighted by Gasteiger charge is 2.28. The van der Waals surface area contributed by atoms with Crippen LogP contribution in [0.1, 0.15) is 23.8 Å². The number of nitrogens with zero attached hydrogens (tertiary/aromatic N) is 2. The molecule has 5 heteroatoms. The predicted octanol–water partition coefficient (Wildman–Crippen LogP) is 2.41. The smallest absolute Gasteiger partial charge is 0.0893 e. The van der Waals surface area contributed by atoms with Gasteiger partial charge in [0.15, 0.2) is 0 Å². The number of rotatable bonds is 5. The average molecular weight is 275 g/mol. The van der Waals surface area contributed by atoms with Crippen LogP contribution in [0.25, 0.3) is 0 Å². The molecule has 0 unspecified atom stereocenters. The van der Waals surface area contributed by atoms with Gasteiger partial charge < -0.3 is 10.1 Å². The molecule has 2 atom stereocenters. The second-order valence-corrected chi connectivity index (χ2v) is 5.39. The van der Waals surface area contributed by atoms with Crippen LogP contribution in [-0.4, -0.2) is 22.7 Å². The van der Waals surface area contributed by atoms with Gasteiger partial charge in [0.25, 0.3) is 0 Å². The van der Waals surface area contributed by atoms with Crippen molar-refractivity contribution in [2.24, 2.45) is 5.92 Å². The maximum Gasteiger partial charge on any atom is 0.0893 e. The van der Waals surface area contributed by atoms with Gasteiger partial charge in [-0.15, -0.1) is 5.10 Å². The highest BCUT2D eigenvalue weighted by atomic mass is 32.1. The van der Waals surface area contributed by atoms with E-state index in [1.165, 1.54) is 17.1 Å². The molecule has 3 rings (SSSR count). The van der Waals surface area contributed by atoms with E-state index >= 15 is 0 Å².